The molecule has 2 aliphatic rings. The highest BCUT2D eigenvalue weighted by molar-refractivity contribution is 7.98. The van der Waals surface area contributed by atoms with Crippen LogP contribution in [0.15, 0.2) is 36.4 Å². The van der Waals surface area contributed by atoms with Crippen LogP contribution in [-0.2, 0) is 4.79 Å². The molecule has 3 heteroatoms. The average molecular weight is 316 g/mol. The van der Waals surface area contributed by atoms with E-state index in [2.05, 4.69) is 44.4 Å². The Kier molecular flexibility index (Phi) is 4.62. The minimum Gasteiger partial charge on any atom is -0.426 e. The fourth-order valence-corrected chi connectivity index (χ4v) is 4.74. The number of thioether (sulfide) groups is 1. The molecule has 1 fully saturated rings. The van der Waals surface area contributed by atoms with Crippen molar-refractivity contribution in [3.05, 3.63) is 42.0 Å². The van der Waals surface area contributed by atoms with E-state index in [1.165, 1.54) is 5.56 Å². The molecule has 3 rings (SSSR count). The maximum absolute atomic E-state index is 12.3. The van der Waals surface area contributed by atoms with Crippen LogP contribution in [0.1, 0.15) is 37.5 Å². The van der Waals surface area contributed by atoms with Crippen molar-refractivity contribution in [3.63, 3.8) is 0 Å². The Morgan fingerprint density at radius 3 is 2.41 bits per heavy atom. The summed E-state index contributed by atoms with van der Waals surface area (Å²) in [6.45, 7) is 4.47. The summed E-state index contributed by atoms with van der Waals surface area (Å²) in [5, 5.41) is 0.487. The van der Waals surface area contributed by atoms with Crippen molar-refractivity contribution in [2.45, 2.75) is 31.9 Å². The molecule has 2 nitrogen and oxygen atoms in total. The zero-order chi connectivity index (χ0) is 15.7. The number of esters is 1. The Balaban J connectivity index is 1.64. The average Bonchev–Trinajstić information content (AvgIpc) is 3.12. The van der Waals surface area contributed by atoms with E-state index < -0.39 is 0 Å². The van der Waals surface area contributed by atoms with E-state index in [4.69, 9.17) is 4.74 Å². The van der Waals surface area contributed by atoms with Crippen LogP contribution in [0.4, 0.5) is 0 Å². The lowest BCUT2D eigenvalue weighted by Crippen LogP contribution is -2.23. The second-order valence-corrected chi connectivity index (χ2v) is 7.76. The van der Waals surface area contributed by atoms with E-state index >= 15 is 0 Å². The number of rotatable bonds is 5. The Morgan fingerprint density at radius 2 is 1.91 bits per heavy atom. The summed E-state index contributed by atoms with van der Waals surface area (Å²) >= 11 is 1.86. The highest BCUT2D eigenvalue weighted by Gasteiger charge is 2.40. The number of ether oxygens (including phenoxy) is 1. The summed E-state index contributed by atoms with van der Waals surface area (Å²) < 4.78 is 5.60. The lowest BCUT2D eigenvalue weighted by Gasteiger charge is -2.20. The van der Waals surface area contributed by atoms with Gasteiger partial charge in [-0.3, -0.25) is 4.79 Å². The van der Waals surface area contributed by atoms with Gasteiger partial charge >= 0.3 is 5.97 Å². The van der Waals surface area contributed by atoms with Gasteiger partial charge < -0.3 is 4.74 Å². The topological polar surface area (TPSA) is 26.3 Å². The maximum atomic E-state index is 12.3. The quantitative estimate of drug-likeness (QED) is 0.440. The monoisotopic (exact) mass is 316 g/mol. The molecule has 0 N–H and O–H groups in total. The van der Waals surface area contributed by atoms with Gasteiger partial charge in [-0.1, -0.05) is 38.1 Å². The number of carbonyl (C=O) groups is 1. The lowest BCUT2D eigenvalue weighted by atomic mass is 9.94. The second kappa shape index (κ2) is 6.49. The van der Waals surface area contributed by atoms with Crippen LogP contribution in [0.2, 0.25) is 0 Å². The zero-order valence-corrected chi connectivity index (χ0v) is 14.3. The summed E-state index contributed by atoms with van der Waals surface area (Å²) in [4.78, 5) is 12.3. The first kappa shape index (κ1) is 15.7. The molecule has 0 heterocycles. The Bertz CT molecular complexity index is 561. The van der Waals surface area contributed by atoms with Crippen molar-refractivity contribution in [2.24, 2.45) is 23.7 Å². The van der Waals surface area contributed by atoms with Crippen molar-refractivity contribution in [1.29, 1.82) is 0 Å². The van der Waals surface area contributed by atoms with E-state index in [9.17, 15) is 4.79 Å². The third-order valence-corrected chi connectivity index (χ3v) is 6.19. The van der Waals surface area contributed by atoms with Crippen LogP contribution in [-0.4, -0.2) is 12.2 Å². The van der Waals surface area contributed by atoms with E-state index in [1.807, 2.05) is 23.9 Å². The molecule has 22 heavy (non-hydrogen) atoms. The molecule has 2 bridgehead atoms. The molecular formula is C19H24O2S. The second-order valence-electron chi connectivity index (χ2n) is 6.78. The van der Waals surface area contributed by atoms with Crippen molar-refractivity contribution in [1.82, 2.24) is 0 Å². The van der Waals surface area contributed by atoms with E-state index in [-0.39, 0.29) is 11.9 Å². The molecule has 4 unspecified atom stereocenters. The van der Waals surface area contributed by atoms with E-state index in [1.54, 1.807) is 0 Å². The lowest BCUT2D eigenvalue weighted by molar-refractivity contribution is -0.139. The molecule has 0 saturated heterocycles. The van der Waals surface area contributed by atoms with Gasteiger partial charge in [-0.15, -0.1) is 0 Å². The minimum atomic E-state index is -0.0603. The smallest absolute Gasteiger partial charge is 0.314 e. The van der Waals surface area contributed by atoms with Crippen molar-refractivity contribution >= 4 is 17.7 Å². The van der Waals surface area contributed by atoms with Gasteiger partial charge in [-0.25, -0.2) is 0 Å². The molecular weight excluding hydrogens is 292 g/mol. The van der Waals surface area contributed by atoms with Crippen molar-refractivity contribution in [3.8, 4) is 5.75 Å². The van der Waals surface area contributed by atoms with Crippen LogP contribution in [0.5, 0.6) is 5.75 Å². The molecule has 1 aromatic rings. The third-order valence-electron chi connectivity index (χ3n) is 4.87. The number of hydrogen-bond donors (Lipinski definition) is 0. The summed E-state index contributed by atoms with van der Waals surface area (Å²) in [7, 11) is 0. The molecule has 0 radical (unpaired) electrons. The first-order chi connectivity index (χ1) is 10.6. The number of allylic oxidation sites excluding steroid dienone is 2. The SMILES string of the molecule is CSC(c1ccc(OC(=O)C2CC3C=CC2C3)cc1)C(C)C. The number of carbonyl (C=O) groups excluding carboxylic acids is 1. The fraction of sp³-hybridized carbons (Fsp3) is 0.526. The molecule has 118 valence electrons. The van der Waals surface area contributed by atoms with Gasteiger partial charge in [0, 0.05) is 5.25 Å². The van der Waals surface area contributed by atoms with Crippen LogP contribution in [0, 0.1) is 23.7 Å². The van der Waals surface area contributed by atoms with Crippen molar-refractivity contribution in [2.75, 3.05) is 6.26 Å². The number of fused-ring (bicyclic) bond motifs is 2. The van der Waals surface area contributed by atoms with Crippen LogP contribution in [0.25, 0.3) is 0 Å². The van der Waals surface area contributed by atoms with E-state index in [0.717, 1.165) is 12.8 Å². The summed E-state index contributed by atoms with van der Waals surface area (Å²) in [6.07, 6.45) is 8.66. The van der Waals surface area contributed by atoms with Crippen LogP contribution < -0.4 is 4.74 Å². The highest BCUT2D eigenvalue weighted by Crippen LogP contribution is 2.44. The summed E-state index contributed by atoms with van der Waals surface area (Å²) in [5.41, 5.74) is 1.30. The molecule has 0 aliphatic heterocycles. The molecule has 1 aromatic carbocycles. The largest absolute Gasteiger partial charge is 0.426 e. The molecule has 4 atom stereocenters. The molecule has 2 aliphatic carbocycles. The van der Waals surface area contributed by atoms with Gasteiger partial charge in [0.15, 0.2) is 0 Å². The minimum absolute atomic E-state index is 0.0595. The third kappa shape index (κ3) is 3.10. The predicted molar refractivity (Wildman–Crippen MR) is 92.0 cm³/mol. The summed E-state index contributed by atoms with van der Waals surface area (Å²) in [6, 6.07) is 8.04. The molecule has 0 amide bonds. The van der Waals surface area contributed by atoms with Gasteiger partial charge in [-0.05, 0) is 54.5 Å². The standard InChI is InChI=1S/C19H24O2S/c1-12(2)18(22-3)14-6-8-16(9-7-14)21-19(20)17-11-13-4-5-15(17)10-13/h4-9,12-13,15,17-18H,10-11H2,1-3H3. The Labute approximate surface area is 137 Å². The van der Waals surface area contributed by atoms with Crippen LogP contribution >= 0.6 is 11.8 Å². The van der Waals surface area contributed by atoms with Gasteiger partial charge in [0.25, 0.3) is 0 Å². The highest BCUT2D eigenvalue weighted by atomic mass is 32.2. The maximum Gasteiger partial charge on any atom is 0.314 e. The predicted octanol–water partition coefficient (Wildman–Crippen LogP) is 4.86. The van der Waals surface area contributed by atoms with Gasteiger partial charge in [0.1, 0.15) is 5.75 Å². The molecule has 1 saturated carbocycles. The van der Waals surface area contributed by atoms with Gasteiger partial charge in [0.05, 0.1) is 5.92 Å². The number of benzene rings is 1. The zero-order valence-electron chi connectivity index (χ0n) is 13.5. The van der Waals surface area contributed by atoms with Crippen molar-refractivity contribution < 1.29 is 9.53 Å². The molecule has 0 spiro atoms. The molecule has 0 aromatic heterocycles. The Morgan fingerprint density at radius 1 is 1.18 bits per heavy atom. The first-order valence-corrected chi connectivity index (χ1v) is 9.40. The van der Waals surface area contributed by atoms with Gasteiger partial charge in [0.2, 0.25) is 0 Å². The van der Waals surface area contributed by atoms with E-state index in [0.29, 0.717) is 28.8 Å². The fourth-order valence-electron chi connectivity index (χ4n) is 3.76. The first-order valence-electron chi connectivity index (χ1n) is 8.11. The Hall–Kier alpha value is -1.22. The number of hydrogen-bond acceptors (Lipinski definition) is 3. The van der Waals surface area contributed by atoms with Gasteiger partial charge in [-0.2, -0.15) is 11.8 Å². The summed E-state index contributed by atoms with van der Waals surface area (Å²) in [5.74, 6) is 2.25. The van der Waals surface area contributed by atoms with Crippen LogP contribution in [0.3, 0.4) is 0 Å². The normalized spacial score (nSPS) is 27.4.